The van der Waals surface area contributed by atoms with Crippen molar-refractivity contribution in [1.82, 2.24) is 9.88 Å². The second-order valence-electron chi connectivity index (χ2n) is 6.08. The van der Waals surface area contributed by atoms with Crippen LogP contribution in [0.3, 0.4) is 0 Å². The van der Waals surface area contributed by atoms with Crippen LogP contribution < -0.4 is 5.32 Å². The largest absolute Gasteiger partial charge is 0.319 e. The minimum absolute atomic E-state index is 0.00773. The lowest BCUT2D eigenvalue weighted by molar-refractivity contribution is 0.277. The summed E-state index contributed by atoms with van der Waals surface area (Å²) in [5.41, 5.74) is 4.02. The standard InChI is InChI=1S/C12H28N2Si2/c1-11(2)9-15-10-12-8-13-6-7-14(12)16(3,4)5/h9,12-13H,6-8,10,15H2,1-5H3. The van der Waals surface area contributed by atoms with Gasteiger partial charge in [0.2, 0.25) is 0 Å². The van der Waals surface area contributed by atoms with Crippen LogP contribution in [0.5, 0.6) is 0 Å². The van der Waals surface area contributed by atoms with Crippen molar-refractivity contribution >= 4 is 17.8 Å². The Balaban J connectivity index is 2.51. The van der Waals surface area contributed by atoms with Gasteiger partial charge in [-0.2, -0.15) is 0 Å². The molecule has 0 amide bonds. The van der Waals surface area contributed by atoms with Crippen LogP contribution >= 0.6 is 0 Å². The van der Waals surface area contributed by atoms with Gasteiger partial charge < -0.3 is 9.88 Å². The van der Waals surface area contributed by atoms with Gasteiger partial charge in [-0.1, -0.05) is 25.2 Å². The average molecular weight is 257 g/mol. The molecule has 1 atom stereocenters. The molecule has 1 heterocycles. The van der Waals surface area contributed by atoms with Crippen LogP contribution in [0.1, 0.15) is 13.8 Å². The first-order valence-electron chi connectivity index (χ1n) is 6.52. The van der Waals surface area contributed by atoms with Crippen molar-refractivity contribution in [2.75, 3.05) is 19.6 Å². The zero-order valence-electron chi connectivity index (χ0n) is 11.6. The molecule has 4 heteroatoms. The number of piperazine rings is 1. The van der Waals surface area contributed by atoms with Crippen LogP contribution in [0.25, 0.3) is 0 Å². The number of hydrogen-bond acceptors (Lipinski definition) is 2. The number of rotatable bonds is 4. The first-order chi connectivity index (χ1) is 7.41. The number of allylic oxidation sites excluding steroid dienone is 1. The van der Waals surface area contributed by atoms with Crippen molar-refractivity contribution in [2.24, 2.45) is 0 Å². The monoisotopic (exact) mass is 256 g/mol. The molecule has 0 bridgehead atoms. The molecule has 0 aliphatic carbocycles. The normalized spacial score (nSPS) is 23.9. The van der Waals surface area contributed by atoms with E-state index in [0.29, 0.717) is 0 Å². The zero-order chi connectivity index (χ0) is 12.2. The summed E-state index contributed by atoms with van der Waals surface area (Å²) in [4.78, 5) is 0. The van der Waals surface area contributed by atoms with E-state index in [1.165, 1.54) is 31.3 Å². The van der Waals surface area contributed by atoms with Crippen LogP contribution in [0.4, 0.5) is 0 Å². The summed E-state index contributed by atoms with van der Waals surface area (Å²) in [6.45, 7) is 15.6. The molecule has 1 unspecified atom stereocenters. The van der Waals surface area contributed by atoms with E-state index in [0.717, 1.165) is 6.04 Å². The first kappa shape index (κ1) is 14.2. The maximum atomic E-state index is 3.56. The van der Waals surface area contributed by atoms with E-state index >= 15 is 0 Å². The predicted octanol–water partition coefficient (Wildman–Crippen LogP) is 1.61. The van der Waals surface area contributed by atoms with Gasteiger partial charge >= 0.3 is 0 Å². The predicted molar refractivity (Wildman–Crippen MR) is 79.5 cm³/mol. The van der Waals surface area contributed by atoms with Gasteiger partial charge in [0.1, 0.15) is 8.24 Å². The third kappa shape index (κ3) is 4.53. The van der Waals surface area contributed by atoms with Gasteiger partial charge in [0.05, 0.1) is 0 Å². The molecule has 1 saturated heterocycles. The summed E-state index contributed by atoms with van der Waals surface area (Å²) in [5.74, 6) is 0. The molecule has 94 valence electrons. The van der Waals surface area contributed by atoms with E-state index in [2.05, 4.69) is 49.1 Å². The Labute approximate surface area is 104 Å². The van der Waals surface area contributed by atoms with E-state index in [1.54, 1.807) is 0 Å². The summed E-state index contributed by atoms with van der Waals surface area (Å²) in [6.07, 6.45) is 0. The van der Waals surface area contributed by atoms with Crippen molar-refractivity contribution in [3.8, 4) is 0 Å². The number of nitrogens with zero attached hydrogens (tertiary/aromatic N) is 1. The molecule has 0 saturated carbocycles. The minimum Gasteiger partial charge on any atom is -0.319 e. The SMILES string of the molecule is CC(C)=C[SiH2]CC1CNCCN1[Si](C)(C)C. The number of nitrogens with one attached hydrogen (secondary N) is 1. The summed E-state index contributed by atoms with van der Waals surface area (Å²) in [7, 11) is -1.09. The molecule has 0 spiro atoms. The lowest BCUT2D eigenvalue weighted by Crippen LogP contribution is -2.60. The van der Waals surface area contributed by atoms with Gasteiger partial charge in [-0.15, -0.1) is 5.70 Å². The third-order valence-corrected chi connectivity index (χ3v) is 7.68. The van der Waals surface area contributed by atoms with E-state index in [-0.39, 0.29) is 9.52 Å². The molecule has 0 radical (unpaired) electrons. The Hall–Kier alpha value is 0.0938. The van der Waals surface area contributed by atoms with Gasteiger partial charge in [0.25, 0.3) is 0 Å². The topological polar surface area (TPSA) is 15.3 Å². The molecule has 0 aromatic carbocycles. The summed E-state index contributed by atoms with van der Waals surface area (Å²) in [5, 5.41) is 3.56. The second kappa shape index (κ2) is 6.14. The fourth-order valence-electron chi connectivity index (χ4n) is 2.47. The van der Waals surface area contributed by atoms with Crippen molar-refractivity contribution in [2.45, 2.75) is 45.6 Å². The van der Waals surface area contributed by atoms with Crippen molar-refractivity contribution in [3.63, 3.8) is 0 Å². The maximum Gasteiger partial charge on any atom is 0.119 e. The molecule has 0 aromatic rings. The highest BCUT2D eigenvalue weighted by Crippen LogP contribution is 2.17. The Kier molecular flexibility index (Phi) is 5.43. The highest BCUT2D eigenvalue weighted by Gasteiger charge is 2.31. The lowest BCUT2D eigenvalue weighted by atomic mass is 10.3. The van der Waals surface area contributed by atoms with Crippen molar-refractivity contribution in [1.29, 1.82) is 0 Å². The zero-order valence-corrected chi connectivity index (χ0v) is 14.1. The van der Waals surface area contributed by atoms with Gasteiger partial charge in [-0.05, 0) is 19.9 Å². The third-order valence-electron chi connectivity index (χ3n) is 3.26. The Morgan fingerprint density at radius 1 is 1.44 bits per heavy atom. The molecule has 1 aliphatic heterocycles. The van der Waals surface area contributed by atoms with E-state index in [9.17, 15) is 0 Å². The van der Waals surface area contributed by atoms with E-state index in [4.69, 9.17) is 0 Å². The Morgan fingerprint density at radius 3 is 2.69 bits per heavy atom. The molecule has 0 aromatic heterocycles. The van der Waals surface area contributed by atoms with Crippen LogP contribution in [0, 0.1) is 0 Å². The van der Waals surface area contributed by atoms with Gasteiger partial charge in [-0.3, -0.25) is 0 Å². The lowest BCUT2D eigenvalue weighted by Gasteiger charge is -2.44. The van der Waals surface area contributed by atoms with Crippen LogP contribution in [0.15, 0.2) is 11.3 Å². The molecular formula is C12H28N2Si2. The van der Waals surface area contributed by atoms with Crippen LogP contribution in [-0.4, -0.2) is 48.0 Å². The Morgan fingerprint density at radius 2 is 2.12 bits per heavy atom. The molecule has 1 N–H and O–H groups in total. The van der Waals surface area contributed by atoms with E-state index in [1.807, 2.05) is 0 Å². The van der Waals surface area contributed by atoms with Gasteiger partial charge in [0, 0.05) is 35.2 Å². The molecule has 1 aliphatic rings. The summed E-state index contributed by atoms with van der Waals surface area (Å²) in [6, 6.07) is 2.27. The highest BCUT2D eigenvalue weighted by atomic mass is 28.3. The minimum atomic E-state index is -1.10. The molecule has 2 nitrogen and oxygen atoms in total. The smallest absolute Gasteiger partial charge is 0.119 e. The quantitative estimate of drug-likeness (QED) is 0.769. The highest BCUT2D eigenvalue weighted by molar-refractivity contribution is 6.73. The van der Waals surface area contributed by atoms with Crippen molar-refractivity contribution in [3.05, 3.63) is 11.3 Å². The second-order valence-corrected chi connectivity index (χ2v) is 12.6. The summed E-state index contributed by atoms with van der Waals surface area (Å²) >= 11 is 0. The van der Waals surface area contributed by atoms with Crippen molar-refractivity contribution < 1.29 is 0 Å². The molecule has 1 rings (SSSR count). The first-order valence-corrected chi connectivity index (χ1v) is 11.8. The molecule has 1 fully saturated rings. The van der Waals surface area contributed by atoms with Crippen LogP contribution in [-0.2, 0) is 0 Å². The van der Waals surface area contributed by atoms with E-state index < -0.39 is 8.24 Å². The molecule has 16 heavy (non-hydrogen) atoms. The fraction of sp³-hybridized carbons (Fsp3) is 0.833. The average Bonchev–Trinajstić information content (AvgIpc) is 2.16. The van der Waals surface area contributed by atoms with Crippen LogP contribution in [0.2, 0.25) is 25.7 Å². The van der Waals surface area contributed by atoms with Gasteiger partial charge in [-0.25, -0.2) is 0 Å². The molecular weight excluding hydrogens is 228 g/mol. The maximum absolute atomic E-state index is 3.56. The summed E-state index contributed by atoms with van der Waals surface area (Å²) < 4.78 is 2.83. The Bertz CT molecular complexity index is 242. The van der Waals surface area contributed by atoms with Gasteiger partial charge in [0.15, 0.2) is 0 Å². The number of hydrogen-bond donors (Lipinski definition) is 1. The fourth-order valence-corrected chi connectivity index (χ4v) is 6.47.